The van der Waals surface area contributed by atoms with E-state index < -0.39 is 119 Å². The fourth-order valence-corrected chi connectivity index (χ4v) is 5.16. The van der Waals surface area contributed by atoms with Crippen LogP contribution in [0.1, 0.15) is 23.3 Å². The molecule has 0 aliphatic carbocycles. The van der Waals surface area contributed by atoms with E-state index >= 15 is 0 Å². The number of hydrogen-bond acceptors (Lipinski definition) is 15. The van der Waals surface area contributed by atoms with Crippen LogP contribution in [0.4, 0.5) is 0 Å². The Morgan fingerprint density at radius 2 is 1.44 bits per heavy atom. The van der Waals surface area contributed by atoms with Crippen LogP contribution in [0.3, 0.4) is 0 Å². The Balaban J connectivity index is 1.81. The minimum atomic E-state index is -2.01. The van der Waals surface area contributed by atoms with Gasteiger partial charge in [-0.05, 0) is 18.2 Å². The summed E-state index contributed by atoms with van der Waals surface area (Å²) in [4.78, 5) is 13.4. The maximum Gasteiger partial charge on any atom is 0.197 e. The van der Waals surface area contributed by atoms with Gasteiger partial charge in [0.25, 0.3) is 0 Å². The maximum atomic E-state index is 13.4. The maximum absolute atomic E-state index is 13.4. The Hall–Kier alpha value is -3.51. The van der Waals surface area contributed by atoms with Crippen molar-refractivity contribution in [2.45, 2.75) is 54.9 Å². The number of aliphatic hydroxyl groups is 7. The minimum Gasteiger partial charge on any atom is -0.507 e. The predicted molar refractivity (Wildman–Crippen MR) is 134 cm³/mol. The van der Waals surface area contributed by atoms with Crippen molar-refractivity contribution < 1.29 is 70.1 Å². The SMILES string of the molecule is O=c1cc(-c2ccc(O)c(O)c2)oc2c([C@@H]3OC[C@H](O)[C@H](O)[C@@H]3O)c(O)c([C@@H]3O[C@H](CO)[C@@H](O)[C@H](O)[C@H]3O)c(O)c12. The van der Waals surface area contributed by atoms with Crippen LogP contribution in [0, 0.1) is 0 Å². The molecule has 15 heteroatoms. The zero-order chi connectivity index (χ0) is 29.9. The molecule has 9 atom stereocenters. The van der Waals surface area contributed by atoms with Gasteiger partial charge in [0, 0.05) is 11.6 Å². The van der Waals surface area contributed by atoms with Gasteiger partial charge in [0.05, 0.1) is 24.3 Å². The van der Waals surface area contributed by atoms with Crippen LogP contribution in [0.2, 0.25) is 0 Å². The van der Waals surface area contributed by atoms with Gasteiger partial charge in [-0.3, -0.25) is 4.79 Å². The molecule has 1 aromatic heterocycles. The second kappa shape index (κ2) is 10.7. The van der Waals surface area contributed by atoms with Crippen LogP contribution in [-0.4, -0.2) is 112 Å². The van der Waals surface area contributed by atoms with Crippen LogP contribution in [0.25, 0.3) is 22.3 Å². The van der Waals surface area contributed by atoms with Crippen LogP contribution in [0.5, 0.6) is 23.0 Å². The molecular weight excluding hydrogens is 552 g/mol. The summed E-state index contributed by atoms with van der Waals surface area (Å²) >= 11 is 0. The highest BCUT2D eigenvalue weighted by molar-refractivity contribution is 5.92. The van der Waals surface area contributed by atoms with Crippen LogP contribution in [0.15, 0.2) is 33.5 Å². The van der Waals surface area contributed by atoms with E-state index in [1.165, 1.54) is 6.07 Å². The van der Waals surface area contributed by atoms with E-state index in [1.807, 2.05) is 0 Å². The lowest BCUT2D eigenvalue weighted by molar-refractivity contribution is -0.232. The number of phenolic OH excluding ortho intramolecular Hbond substituents is 4. The smallest absolute Gasteiger partial charge is 0.197 e. The first-order chi connectivity index (χ1) is 19.4. The number of hydrogen-bond donors (Lipinski definition) is 11. The van der Waals surface area contributed by atoms with Gasteiger partial charge in [0.2, 0.25) is 0 Å². The third-order valence-electron chi connectivity index (χ3n) is 7.42. The second-order valence-corrected chi connectivity index (χ2v) is 9.96. The highest BCUT2D eigenvalue weighted by atomic mass is 16.5. The summed E-state index contributed by atoms with van der Waals surface area (Å²) in [5.41, 5.74) is -2.64. The minimum absolute atomic E-state index is 0.0720. The van der Waals surface area contributed by atoms with E-state index in [-0.39, 0.29) is 11.3 Å². The second-order valence-electron chi connectivity index (χ2n) is 9.96. The van der Waals surface area contributed by atoms with Crippen molar-refractivity contribution in [2.75, 3.05) is 13.2 Å². The average Bonchev–Trinajstić information content (AvgIpc) is 2.93. The molecule has 3 aromatic rings. The molecule has 41 heavy (non-hydrogen) atoms. The number of aromatic hydroxyl groups is 4. The fourth-order valence-electron chi connectivity index (χ4n) is 5.16. The molecule has 0 bridgehead atoms. The lowest BCUT2D eigenvalue weighted by atomic mass is 9.85. The van der Waals surface area contributed by atoms with Crippen LogP contribution < -0.4 is 5.43 Å². The first kappa shape index (κ1) is 29.0. The van der Waals surface area contributed by atoms with E-state index in [0.717, 1.165) is 18.2 Å². The monoisotopic (exact) mass is 580 g/mol. The Kier molecular flexibility index (Phi) is 7.58. The third-order valence-corrected chi connectivity index (χ3v) is 7.42. The Morgan fingerprint density at radius 1 is 0.756 bits per heavy atom. The van der Waals surface area contributed by atoms with Crippen LogP contribution in [-0.2, 0) is 9.47 Å². The summed E-state index contributed by atoms with van der Waals surface area (Å²) in [6.07, 6.45) is -16.0. The number of fused-ring (bicyclic) bond motifs is 1. The average molecular weight is 580 g/mol. The summed E-state index contributed by atoms with van der Waals surface area (Å²) in [5.74, 6) is -3.21. The zero-order valence-corrected chi connectivity index (χ0v) is 21.0. The number of aliphatic hydroxyl groups excluding tert-OH is 7. The van der Waals surface area contributed by atoms with Gasteiger partial charge in [0.1, 0.15) is 77.6 Å². The molecule has 0 saturated carbocycles. The Labute approximate surface area is 229 Å². The van der Waals surface area contributed by atoms with Crippen molar-refractivity contribution in [1.82, 2.24) is 0 Å². The van der Waals surface area contributed by atoms with Crippen LogP contribution >= 0.6 is 0 Å². The van der Waals surface area contributed by atoms with E-state index in [4.69, 9.17) is 13.9 Å². The molecule has 2 aliphatic heterocycles. The number of rotatable bonds is 4. The van der Waals surface area contributed by atoms with Crippen molar-refractivity contribution in [1.29, 1.82) is 0 Å². The fraction of sp³-hybridized carbons (Fsp3) is 0.423. The summed E-state index contributed by atoms with van der Waals surface area (Å²) in [5, 5.41) is 113. The molecular formula is C26H28O15. The Bertz CT molecular complexity index is 1520. The number of phenols is 4. The largest absolute Gasteiger partial charge is 0.507 e. The molecule has 2 aromatic carbocycles. The zero-order valence-electron chi connectivity index (χ0n) is 21.0. The summed E-state index contributed by atoms with van der Waals surface area (Å²) in [6, 6.07) is 4.36. The van der Waals surface area contributed by atoms with E-state index in [9.17, 15) is 61.0 Å². The molecule has 11 N–H and O–H groups in total. The molecule has 222 valence electrons. The van der Waals surface area contributed by atoms with Gasteiger partial charge in [-0.1, -0.05) is 0 Å². The first-order valence-corrected chi connectivity index (χ1v) is 12.4. The molecule has 2 saturated heterocycles. The summed E-state index contributed by atoms with van der Waals surface area (Å²) in [6.45, 7) is -1.39. The Morgan fingerprint density at radius 3 is 2.10 bits per heavy atom. The van der Waals surface area contributed by atoms with Crippen molar-refractivity contribution in [3.63, 3.8) is 0 Å². The van der Waals surface area contributed by atoms with Gasteiger partial charge in [-0.15, -0.1) is 0 Å². The molecule has 0 amide bonds. The van der Waals surface area contributed by atoms with Gasteiger partial charge < -0.3 is 70.1 Å². The molecule has 2 fully saturated rings. The van der Waals surface area contributed by atoms with Crippen molar-refractivity contribution in [2.24, 2.45) is 0 Å². The van der Waals surface area contributed by atoms with E-state index in [1.54, 1.807) is 0 Å². The predicted octanol–water partition coefficient (Wildman–Crippen LogP) is -2.05. The number of benzene rings is 2. The first-order valence-electron chi connectivity index (χ1n) is 12.4. The molecule has 0 spiro atoms. The molecule has 0 unspecified atom stereocenters. The van der Waals surface area contributed by atoms with Crippen molar-refractivity contribution in [3.8, 4) is 34.3 Å². The summed E-state index contributed by atoms with van der Waals surface area (Å²) < 4.78 is 16.8. The van der Waals surface area contributed by atoms with Gasteiger partial charge in [0.15, 0.2) is 22.5 Å². The molecule has 3 heterocycles. The van der Waals surface area contributed by atoms with Crippen molar-refractivity contribution >= 4 is 11.0 Å². The van der Waals surface area contributed by atoms with Gasteiger partial charge >= 0.3 is 0 Å². The van der Waals surface area contributed by atoms with Gasteiger partial charge in [-0.25, -0.2) is 0 Å². The molecule has 0 radical (unpaired) electrons. The normalized spacial score (nSPS) is 32.3. The topological polar surface area (TPSA) is 271 Å². The molecule has 15 nitrogen and oxygen atoms in total. The van der Waals surface area contributed by atoms with E-state index in [0.29, 0.717) is 0 Å². The highest BCUT2D eigenvalue weighted by Gasteiger charge is 2.48. The quantitative estimate of drug-likeness (QED) is 0.148. The lowest BCUT2D eigenvalue weighted by Crippen LogP contribution is -2.55. The summed E-state index contributed by atoms with van der Waals surface area (Å²) in [7, 11) is 0. The standard InChI is InChI=1S/C26H28O15/c27-5-13-18(33)21(36)23(38)26(41-13)15-19(34)14-10(30)4-12(7-1-2-8(28)9(29)3-7)40-24(14)16(20(15)35)25-22(37)17(32)11(31)6-39-25/h1-4,11,13,17-18,21-23,25-29,31-38H,5-6H2/t11-,13+,17-,18+,21-,22-,23+,25-,26-/m0/s1. The molecule has 5 rings (SSSR count). The highest BCUT2D eigenvalue weighted by Crippen LogP contribution is 2.50. The third kappa shape index (κ3) is 4.66. The van der Waals surface area contributed by atoms with Crippen molar-refractivity contribution in [3.05, 3.63) is 45.6 Å². The van der Waals surface area contributed by atoms with Gasteiger partial charge in [-0.2, -0.15) is 0 Å². The number of ether oxygens (including phenoxy) is 2. The lowest BCUT2D eigenvalue weighted by Gasteiger charge is -2.41. The molecule has 2 aliphatic rings. The van der Waals surface area contributed by atoms with E-state index in [2.05, 4.69) is 0 Å².